The van der Waals surface area contributed by atoms with Crippen LogP contribution in [0.4, 0.5) is 0 Å². The fourth-order valence-electron chi connectivity index (χ4n) is 2.91. The van der Waals surface area contributed by atoms with Crippen molar-refractivity contribution in [2.75, 3.05) is 49.2 Å². The van der Waals surface area contributed by atoms with E-state index in [1.807, 2.05) is 0 Å². The fraction of sp³-hybridized carbons (Fsp3) is 0.900. The third kappa shape index (κ3) is 15.9. The molecule has 0 atom stereocenters. The van der Waals surface area contributed by atoms with Gasteiger partial charge < -0.3 is 9.80 Å². The average molecular weight is 501 g/mol. The maximum atomic E-state index is 5.78. The highest BCUT2D eigenvalue weighted by atomic mass is 32.1. The van der Waals surface area contributed by atoms with Gasteiger partial charge in [-0.15, -0.1) is 0 Å². The van der Waals surface area contributed by atoms with E-state index in [0.29, 0.717) is 0 Å². The molecule has 0 radical (unpaired) electrons. The zero-order chi connectivity index (χ0) is 21.0. The quantitative estimate of drug-likeness (QED) is 0.100. The highest BCUT2D eigenvalue weighted by Crippen LogP contribution is 2.11. The third-order valence-electron chi connectivity index (χ3n) is 4.60. The smallest absolute Gasteiger partial charge is 0.0783 e. The topological polar surface area (TPSA) is 6.48 Å². The molecule has 0 saturated carbocycles. The monoisotopic (exact) mass is 500 g/mol. The number of hydrogen-bond donors (Lipinski definition) is 4. The molecule has 0 aromatic carbocycles. The van der Waals surface area contributed by atoms with Crippen molar-refractivity contribution in [1.29, 1.82) is 0 Å². The molecule has 0 heterocycles. The molecule has 0 saturated heterocycles. The summed E-state index contributed by atoms with van der Waals surface area (Å²) in [4.78, 5) is 6.89. The third-order valence-corrected chi connectivity index (χ3v) is 6.79. The van der Waals surface area contributed by atoms with Crippen molar-refractivity contribution in [1.82, 2.24) is 9.80 Å². The summed E-state index contributed by atoms with van der Waals surface area (Å²) in [5.74, 6) is 3.76. The summed E-state index contributed by atoms with van der Waals surface area (Å²) in [6, 6.07) is 0. The van der Waals surface area contributed by atoms with Gasteiger partial charge in [0.25, 0.3) is 0 Å². The lowest BCUT2D eigenvalue weighted by Crippen LogP contribution is -2.35. The van der Waals surface area contributed by atoms with Crippen LogP contribution in [0.2, 0.25) is 0 Å². The average Bonchev–Trinajstić information content (AvgIpc) is 2.70. The van der Waals surface area contributed by atoms with Crippen LogP contribution in [0.25, 0.3) is 0 Å². The molecular formula is C20H40N2S6. The van der Waals surface area contributed by atoms with Gasteiger partial charge in [-0.3, -0.25) is 0 Å². The number of thiocarbonyl (C=S) groups is 2. The van der Waals surface area contributed by atoms with E-state index >= 15 is 0 Å². The maximum Gasteiger partial charge on any atom is 0.0783 e. The summed E-state index contributed by atoms with van der Waals surface area (Å²) in [5, 5.41) is 0. The molecule has 0 spiro atoms. The fourth-order valence-corrected chi connectivity index (χ4v) is 4.37. The summed E-state index contributed by atoms with van der Waals surface area (Å²) in [6.07, 6.45) is 10.9. The molecule has 0 bridgehead atoms. The van der Waals surface area contributed by atoms with Gasteiger partial charge in [0.2, 0.25) is 0 Å². The van der Waals surface area contributed by atoms with Crippen LogP contribution in [0.3, 0.4) is 0 Å². The van der Waals surface area contributed by atoms with Gasteiger partial charge in [0, 0.05) is 39.0 Å². The minimum absolute atomic E-state index is 0.881. The van der Waals surface area contributed by atoms with Crippen LogP contribution in [0.1, 0.15) is 64.2 Å². The molecule has 2 nitrogen and oxygen atoms in total. The Balaban J connectivity index is 4.55. The Bertz CT molecular complexity index is 339. The zero-order valence-corrected chi connectivity index (χ0v) is 22.4. The van der Waals surface area contributed by atoms with Crippen LogP contribution in [-0.2, 0) is 0 Å². The number of rotatable bonds is 19. The standard InChI is InChI=1S/C20H40N2S6/c23-15-5-1-11-21(12-2-6-16-24)19(27)9-10-20(28)22(13-3-7-17-25)14-4-8-18-26/h23-26H,1-18H2. The van der Waals surface area contributed by atoms with Gasteiger partial charge in [-0.1, -0.05) is 24.4 Å². The van der Waals surface area contributed by atoms with Gasteiger partial charge in [0.1, 0.15) is 0 Å². The Morgan fingerprint density at radius 3 is 0.929 bits per heavy atom. The van der Waals surface area contributed by atoms with Crippen molar-refractivity contribution < 1.29 is 0 Å². The second-order valence-corrected chi connectivity index (χ2v) is 9.72. The minimum Gasteiger partial charge on any atom is -0.366 e. The molecule has 0 aromatic rings. The number of hydrogen-bond acceptors (Lipinski definition) is 6. The SMILES string of the molecule is S=C(CCC(=S)N(CCCCS)CCCCS)N(CCCCS)CCCCS. The first-order chi connectivity index (χ1) is 13.6. The van der Waals surface area contributed by atoms with Gasteiger partial charge in [-0.2, -0.15) is 50.5 Å². The summed E-state index contributed by atoms with van der Waals surface area (Å²) in [7, 11) is 0. The van der Waals surface area contributed by atoms with E-state index in [-0.39, 0.29) is 0 Å². The Morgan fingerprint density at radius 1 is 0.464 bits per heavy atom. The first kappa shape index (κ1) is 29.2. The minimum atomic E-state index is 0.881. The van der Waals surface area contributed by atoms with Crippen LogP contribution >= 0.6 is 75.0 Å². The molecule has 0 aliphatic heterocycles. The molecule has 28 heavy (non-hydrogen) atoms. The van der Waals surface area contributed by atoms with Crippen molar-refractivity contribution in [3.8, 4) is 0 Å². The molecule has 0 fully saturated rings. The summed E-state index contributed by atoms with van der Waals surface area (Å²) >= 11 is 28.9. The largest absolute Gasteiger partial charge is 0.366 e. The molecule has 8 heteroatoms. The zero-order valence-electron chi connectivity index (χ0n) is 17.2. The van der Waals surface area contributed by atoms with E-state index in [0.717, 1.165) is 123 Å². The van der Waals surface area contributed by atoms with Crippen LogP contribution in [0.5, 0.6) is 0 Å². The van der Waals surface area contributed by atoms with E-state index in [1.54, 1.807) is 0 Å². The van der Waals surface area contributed by atoms with Crippen LogP contribution in [0, 0.1) is 0 Å². The molecular weight excluding hydrogens is 461 g/mol. The Hall–Kier alpha value is 1.18. The molecule has 0 aliphatic rings. The van der Waals surface area contributed by atoms with E-state index in [2.05, 4.69) is 60.3 Å². The molecule has 0 aromatic heterocycles. The molecule has 0 amide bonds. The number of nitrogens with zero attached hydrogens (tertiary/aromatic N) is 2. The molecule has 0 N–H and O–H groups in total. The van der Waals surface area contributed by atoms with Crippen molar-refractivity contribution in [3.63, 3.8) is 0 Å². The van der Waals surface area contributed by atoms with E-state index < -0.39 is 0 Å². The Labute approximate surface area is 207 Å². The van der Waals surface area contributed by atoms with E-state index in [1.165, 1.54) is 0 Å². The lowest BCUT2D eigenvalue weighted by atomic mass is 10.2. The first-order valence-corrected chi connectivity index (χ1v) is 13.9. The van der Waals surface area contributed by atoms with Crippen molar-refractivity contribution in [2.45, 2.75) is 64.2 Å². The highest BCUT2D eigenvalue weighted by Gasteiger charge is 2.13. The number of unbranched alkanes of at least 4 members (excludes halogenated alkanes) is 4. The molecule has 0 unspecified atom stereocenters. The predicted molar refractivity (Wildman–Crippen MR) is 150 cm³/mol. The number of thiol groups is 4. The van der Waals surface area contributed by atoms with Crippen LogP contribution in [0.15, 0.2) is 0 Å². The molecule has 166 valence electrons. The second-order valence-electron chi connectivity index (χ2n) is 6.98. The lowest BCUT2D eigenvalue weighted by Gasteiger charge is -2.28. The molecule has 0 aliphatic carbocycles. The van der Waals surface area contributed by atoms with Crippen LogP contribution in [-0.4, -0.2) is 69.0 Å². The van der Waals surface area contributed by atoms with Gasteiger partial charge in [0.05, 0.1) is 9.98 Å². The van der Waals surface area contributed by atoms with Crippen molar-refractivity contribution in [2.24, 2.45) is 0 Å². The molecule has 0 rings (SSSR count). The van der Waals surface area contributed by atoms with Crippen molar-refractivity contribution >= 4 is 84.9 Å². The highest BCUT2D eigenvalue weighted by molar-refractivity contribution is 7.81. The summed E-state index contributed by atoms with van der Waals surface area (Å²) < 4.78 is 0. The van der Waals surface area contributed by atoms with Gasteiger partial charge >= 0.3 is 0 Å². The van der Waals surface area contributed by atoms with Gasteiger partial charge in [-0.25, -0.2) is 0 Å². The second kappa shape index (κ2) is 21.4. The predicted octanol–water partition coefficient (Wildman–Crippen LogP) is 5.87. The van der Waals surface area contributed by atoms with Crippen molar-refractivity contribution in [3.05, 3.63) is 0 Å². The van der Waals surface area contributed by atoms with Gasteiger partial charge in [-0.05, 0) is 74.4 Å². The maximum absolute atomic E-state index is 5.78. The lowest BCUT2D eigenvalue weighted by molar-refractivity contribution is 0.391. The normalized spacial score (nSPS) is 10.9. The summed E-state index contributed by atoms with van der Waals surface area (Å²) in [6.45, 7) is 4.14. The van der Waals surface area contributed by atoms with E-state index in [9.17, 15) is 0 Å². The van der Waals surface area contributed by atoms with Crippen LogP contribution < -0.4 is 0 Å². The Kier molecular flexibility index (Phi) is 22.3. The van der Waals surface area contributed by atoms with E-state index in [4.69, 9.17) is 24.4 Å². The Morgan fingerprint density at radius 2 is 0.714 bits per heavy atom. The first-order valence-electron chi connectivity index (χ1n) is 10.6. The summed E-state index contributed by atoms with van der Waals surface area (Å²) in [5.41, 5.74) is 0. The van der Waals surface area contributed by atoms with Gasteiger partial charge in [0.15, 0.2) is 0 Å².